The number of ketones is 1. The van der Waals surface area contributed by atoms with Crippen molar-refractivity contribution in [3.05, 3.63) is 76.0 Å². The number of benzene rings is 2. The number of rotatable bonds is 6. The summed E-state index contributed by atoms with van der Waals surface area (Å²) in [7, 11) is 1.58. The fourth-order valence-electron chi connectivity index (χ4n) is 3.21. The molecule has 1 heterocycles. The highest BCUT2D eigenvalue weighted by molar-refractivity contribution is 6.30. The third-order valence-electron chi connectivity index (χ3n) is 4.62. The summed E-state index contributed by atoms with van der Waals surface area (Å²) >= 11 is 5.98. The summed E-state index contributed by atoms with van der Waals surface area (Å²) in [5.41, 5.74) is 1.72. The lowest BCUT2D eigenvalue weighted by molar-refractivity contribution is -0.130. The van der Waals surface area contributed by atoms with Crippen LogP contribution in [-0.4, -0.2) is 28.8 Å². The number of methoxy groups -OCH3 is 1. The molecule has 2 aromatic carbocycles. The number of halogens is 1. The van der Waals surface area contributed by atoms with Gasteiger partial charge in [-0.2, -0.15) is 0 Å². The van der Waals surface area contributed by atoms with Gasteiger partial charge < -0.3 is 14.7 Å². The van der Waals surface area contributed by atoms with Crippen molar-refractivity contribution in [3.63, 3.8) is 0 Å². The minimum Gasteiger partial charge on any atom is -0.503 e. The van der Waals surface area contributed by atoms with Gasteiger partial charge in [0, 0.05) is 18.0 Å². The van der Waals surface area contributed by atoms with Crippen molar-refractivity contribution in [2.75, 3.05) is 7.11 Å². The first kappa shape index (κ1) is 19.0. The van der Waals surface area contributed by atoms with Crippen LogP contribution in [0.15, 0.2) is 59.9 Å². The second-order valence-electron chi connectivity index (χ2n) is 6.27. The maximum Gasteiger partial charge on any atom is 0.290 e. The zero-order valence-electron chi connectivity index (χ0n) is 15.1. The average Bonchev–Trinajstić information content (AvgIpc) is 2.93. The Hall–Kier alpha value is -2.79. The van der Waals surface area contributed by atoms with E-state index in [-0.39, 0.29) is 24.3 Å². The fraction of sp³-hybridized carbons (Fsp3) is 0.238. The van der Waals surface area contributed by atoms with Gasteiger partial charge in [-0.1, -0.05) is 42.8 Å². The number of aliphatic hydroxyl groups excluding tert-OH is 1. The zero-order valence-corrected chi connectivity index (χ0v) is 15.9. The van der Waals surface area contributed by atoms with E-state index in [1.165, 1.54) is 4.90 Å². The minimum absolute atomic E-state index is 0.137. The molecule has 1 atom stereocenters. The first-order chi connectivity index (χ1) is 13.0. The van der Waals surface area contributed by atoms with Crippen molar-refractivity contribution in [2.24, 2.45) is 0 Å². The molecule has 6 heteroatoms. The number of amides is 1. The molecular weight excluding hydrogens is 366 g/mol. The molecule has 1 N–H and O–H groups in total. The van der Waals surface area contributed by atoms with Crippen LogP contribution in [0.2, 0.25) is 5.02 Å². The molecule has 0 fully saturated rings. The van der Waals surface area contributed by atoms with Gasteiger partial charge in [0.1, 0.15) is 5.75 Å². The van der Waals surface area contributed by atoms with Crippen LogP contribution in [0.4, 0.5) is 0 Å². The summed E-state index contributed by atoms with van der Waals surface area (Å²) in [5.74, 6) is -0.570. The number of ether oxygens (including phenoxy) is 1. The van der Waals surface area contributed by atoms with Crippen LogP contribution in [0.1, 0.15) is 30.5 Å². The maximum atomic E-state index is 12.7. The lowest BCUT2D eigenvalue weighted by Gasteiger charge is -2.27. The monoisotopic (exact) mass is 385 g/mol. The highest BCUT2D eigenvalue weighted by atomic mass is 35.5. The van der Waals surface area contributed by atoms with Gasteiger partial charge in [0.05, 0.1) is 18.7 Å². The smallest absolute Gasteiger partial charge is 0.290 e. The van der Waals surface area contributed by atoms with Crippen LogP contribution in [0.25, 0.3) is 0 Å². The van der Waals surface area contributed by atoms with Gasteiger partial charge in [0.15, 0.2) is 11.5 Å². The normalized spacial score (nSPS) is 16.8. The maximum absolute atomic E-state index is 12.7. The van der Waals surface area contributed by atoms with E-state index in [9.17, 15) is 14.7 Å². The molecule has 140 valence electrons. The Morgan fingerprint density at radius 2 is 1.78 bits per heavy atom. The first-order valence-electron chi connectivity index (χ1n) is 8.62. The predicted molar refractivity (Wildman–Crippen MR) is 103 cm³/mol. The topological polar surface area (TPSA) is 66.8 Å². The van der Waals surface area contributed by atoms with E-state index in [0.717, 1.165) is 11.1 Å². The lowest BCUT2D eigenvalue weighted by atomic mass is 9.95. The third kappa shape index (κ3) is 3.69. The van der Waals surface area contributed by atoms with Crippen LogP contribution >= 0.6 is 11.6 Å². The number of nitrogens with zero attached hydrogens (tertiary/aromatic N) is 1. The van der Waals surface area contributed by atoms with Crippen LogP contribution in [0.3, 0.4) is 0 Å². The van der Waals surface area contributed by atoms with Gasteiger partial charge >= 0.3 is 0 Å². The lowest BCUT2D eigenvalue weighted by Crippen LogP contribution is -2.30. The molecule has 1 amide bonds. The van der Waals surface area contributed by atoms with Crippen molar-refractivity contribution in [1.82, 2.24) is 4.90 Å². The molecule has 0 aromatic heterocycles. The Morgan fingerprint density at radius 1 is 1.15 bits per heavy atom. The van der Waals surface area contributed by atoms with E-state index in [4.69, 9.17) is 16.3 Å². The van der Waals surface area contributed by atoms with Gasteiger partial charge in [0.2, 0.25) is 0 Å². The quantitative estimate of drug-likeness (QED) is 0.808. The van der Waals surface area contributed by atoms with Crippen molar-refractivity contribution in [3.8, 4) is 5.75 Å². The van der Waals surface area contributed by atoms with E-state index in [1.54, 1.807) is 50.4 Å². The van der Waals surface area contributed by atoms with Crippen LogP contribution in [0, 0.1) is 0 Å². The highest BCUT2D eigenvalue weighted by Crippen LogP contribution is 2.39. The van der Waals surface area contributed by atoms with Crippen LogP contribution < -0.4 is 4.74 Å². The SMILES string of the molecule is CCC(=O)C1=C(O)C(=O)N(Cc2ccc(OC)cc2)C1c1ccc(Cl)cc1. The zero-order chi connectivity index (χ0) is 19.6. The van der Waals surface area contributed by atoms with Crippen molar-refractivity contribution >= 4 is 23.3 Å². The largest absolute Gasteiger partial charge is 0.503 e. The number of Topliss-reactive ketones (excluding diaryl/α,β-unsaturated/α-hetero) is 1. The van der Waals surface area contributed by atoms with E-state index < -0.39 is 17.7 Å². The van der Waals surface area contributed by atoms with Crippen molar-refractivity contribution in [1.29, 1.82) is 0 Å². The highest BCUT2D eigenvalue weighted by Gasteiger charge is 2.42. The van der Waals surface area contributed by atoms with Gasteiger partial charge in [-0.05, 0) is 35.4 Å². The third-order valence-corrected chi connectivity index (χ3v) is 4.87. The number of hydrogen-bond acceptors (Lipinski definition) is 4. The van der Waals surface area contributed by atoms with E-state index in [2.05, 4.69) is 0 Å². The predicted octanol–water partition coefficient (Wildman–Crippen LogP) is 4.22. The number of carbonyl (C=O) groups excluding carboxylic acids is 2. The molecule has 0 spiro atoms. The molecule has 0 radical (unpaired) electrons. The molecule has 3 rings (SSSR count). The number of aliphatic hydroxyl groups is 1. The molecule has 0 saturated carbocycles. The average molecular weight is 386 g/mol. The van der Waals surface area contributed by atoms with Crippen LogP contribution in [-0.2, 0) is 16.1 Å². The Morgan fingerprint density at radius 3 is 2.33 bits per heavy atom. The van der Waals surface area contributed by atoms with E-state index in [1.807, 2.05) is 12.1 Å². The first-order valence-corrected chi connectivity index (χ1v) is 8.99. The summed E-state index contributed by atoms with van der Waals surface area (Å²) in [6.45, 7) is 1.96. The summed E-state index contributed by atoms with van der Waals surface area (Å²) in [6.07, 6.45) is 0.202. The Bertz CT molecular complexity index is 887. The Labute approximate surface area is 162 Å². The van der Waals surface area contributed by atoms with Gasteiger partial charge in [0.25, 0.3) is 5.91 Å². The molecule has 1 aliphatic rings. The molecule has 1 aliphatic heterocycles. The van der Waals surface area contributed by atoms with E-state index >= 15 is 0 Å². The molecule has 27 heavy (non-hydrogen) atoms. The van der Waals surface area contributed by atoms with Crippen molar-refractivity contribution in [2.45, 2.75) is 25.9 Å². The van der Waals surface area contributed by atoms with Crippen molar-refractivity contribution < 1.29 is 19.4 Å². The molecule has 2 aromatic rings. The summed E-state index contributed by atoms with van der Waals surface area (Å²) in [4.78, 5) is 26.7. The molecule has 1 unspecified atom stereocenters. The standard InChI is InChI=1S/C21H20ClNO4/c1-3-17(24)18-19(14-6-8-15(22)9-7-14)23(21(26)20(18)25)12-13-4-10-16(27-2)11-5-13/h4-11,19,25H,3,12H2,1-2H3. The molecule has 0 bridgehead atoms. The van der Waals surface area contributed by atoms with E-state index in [0.29, 0.717) is 10.8 Å². The summed E-state index contributed by atoms with van der Waals surface area (Å²) in [6, 6.07) is 13.6. The fourth-order valence-corrected chi connectivity index (χ4v) is 3.34. The molecular formula is C21H20ClNO4. The van der Waals surface area contributed by atoms with Crippen LogP contribution in [0.5, 0.6) is 5.75 Å². The second-order valence-corrected chi connectivity index (χ2v) is 6.71. The minimum atomic E-state index is -0.649. The summed E-state index contributed by atoms with van der Waals surface area (Å²) in [5, 5.41) is 11.0. The molecule has 5 nitrogen and oxygen atoms in total. The Balaban J connectivity index is 2.01. The number of carbonyl (C=O) groups is 2. The second kappa shape index (κ2) is 7.84. The Kier molecular flexibility index (Phi) is 5.51. The van der Waals surface area contributed by atoms with Gasteiger partial charge in [-0.25, -0.2) is 0 Å². The molecule has 0 aliphatic carbocycles. The molecule has 0 saturated heterocycles. The number of hydrogen-bond donors (Lipinski definition) is 1. The summed E-state index contributed by atoms with van der Waals surface area (Å²) < 4.78 is 5.16. The van der Waals surface area contributed by atoms with Gasteiger partial charge in [-0.15, -0.1) is 0 Å². The van der Waals surface area contributed by atoms with Gasteiger partial charge in [-0.3, -0.25) is 9.59 Å².